The molecule has 0 radical (unpaired) electrons. The summed E-state index contributed by atoms with van der Waals surface area (Å²) in [6, 6.07) is 85.7. The molecule has 2 heteroatoms. The monoisotopic (exact) mass is 866 g/mol. The Morgan fingerprint density at radius 1 is 0.426 bits per heavy atom. The van der Waals surface area contributed by atoms with Gasteiger partial charge in [0.2, 0.25) is 0 Å². The molecule has 0 saturated carbocycles. The fourth-order valence-electron chi connectivity index (χ4n) is 12.3. The number of benzene rings is 10. The first-order valence-corrected chi connectivity index (χ1v) is 23.9. The molecule has 12 aromatic rings. The van der Waals surface area contributed by atoms with Gasteiger partial charge in [-0.1, -0.05) is 212 Å². The average molecular weight is 867 g/mol. The quantitative estimate of drug-likeness (QED) is 0.158. The summed E-state index contributed by atoms with van der Waals surface area (Å²) < 4.78 is 5.14. The van der Waals surface area contributed by atoms with Crippen LogP contribution in [0.3, 0.4) is 0 Å². The lowest BCUT2D eigenvalue weighted by atomic mass is 9.67. The molecule has 2 nitrogen and oxygen atoms in total. The molecule has 0 amide bonds. The molecule has 1 unspecified atom stereocenters. The standard InChI is InChI=1S/C66H46N2/c1-65(40-38-45(39-41-65)44-18-5-2-6-19-44)68-62-37-33-48(47-32-36-61-55(42-47)52-27-14-16-30-60(52)67(61)59-31-17-21-46-20-11-12-26-51(46)59)43-56(62)53-34-35-58-63(64(53)68)54-28-13-15-29-57(54)66(58,49-22-7-3-8-23-49)50-24-9-4-10-25-50/h2-40,42-43H,41H2,1H3. The van der Waals surface area contributed by atoms with Gasteiger partial charge in [0.25, 0.3) is 0 Å². The minimum absolute atomic E-state index is 0.350. The third-order valence-corrected chi connectivity index (χ3v) is 15.3. The summed E-state index contributed by atoms with van der Waals surface area (Å²) >= 11 is 0. The summed E-state index contributed by atoms with van der Waals surface area (Å²) in [5.41, 5.74) is 18.0. The van der Waals surface area contributed by atoms with Gasteiger partial charge in [-0.15, -0.1) is 0 Å². The highest BCUT2D eigenvalue weighted by Gasteiger charge is 2.47. The third kappa shape index (κ3) is 5.46. The van der Waals surface area contributed by atoms with Crippen molar-refractivity contribution in [2.24, 2.45) is 0 Å². The fourth-order valence-corrected chi connectivity index (χ4v) is 12.3. The van der Waals surface area contributed by atoms with Crippen molar-refractivity contribution >= 4 is 60.0 Å². The number of aromatic nitrogens is 2. The van der Waals surface area contributed by atoms with Gasteiger partial charge in [0.05, 0.1) is 33.2 Å². The maximum Gasteiger partial charge on any atom is 0.0714 e. The van der Waals surface area contributed by atoms with Crippen LogP contribution in [0.25, 0.3) is 87.9 Å². The molecular formula is C66H46N2. The predicted octanol–water partition coefficient (Wildman–Crippen LogP) is 16.8. The molecule has 0 fully saturated rings. The van der Waals surface area contributed by atoms with Crippen molar-refractivity contribution in [2.45, 2.75) is 24.3 Å². The van der Waals surface area contributed by atoms with Gasteiger partial charge >= 0.3 is 0 Å². The summed E-state index contributed by atoms with van der Waals surface area (Å²) in [6.07, 6.45) is 8.12. The van der Waals surface area contributed by atoms with Crippen molar-refractivity contribution < 1.29 is 0 Å². The van der Waals surface area contributed by atoms with Gasteiger partial charge in [0.1, 0.15) is 0 Å². The molecule has 1 atom stereocenters. The van der Waals surface area contributed by atoms with Crippen LogP contribution in [-0.2, 0) is 11.0 Å². The molecule has 0 saturated heterocycles. The second kappa shape index (κ2) is 14.8. The summed E-state index contributed by atoms with van der Waals surface area (Å²) in [7, 11) is 0. The van der Waals surface area contributed by atoms with Crippen molar-refractivity contribution in [3.8, 4) is 27.9 Å². The summed E-state index contributed by atoms with van der Waals surface area (Å²) in [4.78, 5) is 0. The lowest BCUT2D eigenvalue weighted by Crippen LogP contribution is -2.29. The van der Waals surface area contributed by atoms with Crippen LogP contribution in [0.2, 0.25) is 0 Å². The van der Waals surface area contributed by atoms with E-state index >= 15 is 0 Å². The van der Waals surface area contributed by atoms with Crippen LogP contribution in [0, 0.1) is 0 Å². The normalized spacial score (nSPS) is 16.2. The fraction of sp³-hybridized carbons (Fsp3) is 0.0606. The molecule has 0 aliphatic heterocycles. The smallest absolute Gasteiger partial charge is 0.0714 e. The largest absolute Gasteiger partial charge is 0.330 e. The zero-order valence-corrected chi connectivity index (χ0v) is 37.8. The van der Waals surface area contributed by atoms with E-state index in [1.54, 1.807) is 0 Å². The van der Waals surface area contributed by atoms with Gasteiger partial charge in [-0.05, 0) is 105 Å². The zero-order chi connectivity index (χ0) is 45.0. The van der Waals surface area contributed by atoms with Crippen LogP contribution in [-0.4, -0.2) is 9.13 Å². The first kappa shape index (κ1) is 38.8. The van der Waals surface area contributed by atoms with Gasteiger partial charge < -0.3 is 9.13 Å². The van der Waals surface area contributed by atoms with E-state index in [4.69, 9.17) is 0 Å². The average Bonchev–Trinajstić information content (AvgIpc) is 4.03. The van der Waals surface area contributed by atoms with Gasteiger partial charge in [-0.25, -0.2) is 0 Å². The van der Waals surface area contributed by atoms with E-state index in [9.17, 15) is 0 Å². The Labute approximate surface area is 396 Å². The van der Waals surface area contributed by atoms with E-state index in [0.717, 1.165) is 6.42 Å². The lowest BCUT2D eigenvalue weighted by molar-refractivity contribution is 0.439. The molecule has 2 aliphatic carbocycles. The highest BCUT2D eigenvalue weighted by Crippen LogP contribution is 2.59. The van der Waals surface area contributed by atoms with Gasteiger partial charge in [-0.3, -0.25) is 0 Å². The molecule has 68 heavy (non-hydrogen) atoms. The first-order chi connectivity index (χ1) is 33.6. The SMILES string of the molecule is CC1(n2c3ccc(-c4ccc5c(c4)c4ccccc4n5-c4cccc5ccccc45)cc3c3ccc4c(c32)-c2ccccc2C4(c2ccccc2)c2ccccc2)C=CC(c2ccccc2)=CC1. The summed E-state index contributed by atoms with van der Waals surface area (Å²) in [5.74, 6) is 0. The second-order valence-corrected chi connectivity index (χ2v) is 19.0. The minimum atomic E-state index is -0.501. The Bertz CT molecular complexity index is 4010. The van der Waals surface area contributed by atoms with E-state index in [2.05, 4.69) is 265 Å². The van der Waals surface area contributed by atoms with Crippen molar-refractivity contribution in [2.75, 3.05) is 0 Å². The minimum Gasteiger partial charge on any atom is -0.330 e. The molecule has 0 N–H and O–H groups in total. The summed E-state index contributed by atoms with van der Waals surface area (Å²) in [6.45, 7) is 2.43. The lowest BCUT2D eigenvalue weighted by Gasteiger charge is -2.34. The number of allylic oxidation sites excluding steroid dienone is 4. The van der Waals surface area contributed by atoms with E-state index in [1.165, 1.54) is 116 Å². The van der Waals surface area contributed by atoms with Gasteiger partial charge in [-0.2, -0.15) is 0 Å². The molecule has 320 valence electrons. The van der Waals surface area contributed by atoms with Crippen LogP contribution in [0.15, 0.2) is 249 Å². The van der Waals surface area contributed by atoms with Gasteiger partial charge in [0.15, 0.2) is 0 Å². The molecule has 14 rings (SSSR count). The highest BCUT2D eigenvalue weighted by atomic mass is 15.1. The van der Waals surface area contributed by atoms with E-state index in [0.29, 0.717) is 0 Å². The zero-order valence-electron chi connectivity index (χ0n) is 37.8. The van der Waals surface area contributed by atoms with Crippen molar-refractivity contribution in [1.29, 1.82) is 0 Å². The van der Waals surface area contributed by atoms with Crippen molar-refractivity contribution in [1.82, 2.24) is 9.13 Å². The van der Waals surface area contributed by atoms with Crippen LogP contribution >= 0.6 is 0 Å². The van der Waals surface area contributed by atoms with E-state index in [-0.39, 0.29) is 5.54 Å². The molecule has 0 spiro atoms. The molecule has 2 aliphatic rings. The number of nitrogens with zero attached hydrogens (tertiary/aromatic N) is 2. The maximum atomic E-state index is 2.69. The number of hydrogen-bond acceptors (Lipinski definition) is 0. The number of hydrogen-bond donors (Lipinski definition) is 0. The molecule has 0 bridgehead atoms. The van der Waals surface area contributed by atoms with Crippen LogP contribution in [0.4, 0.5) is 0 Å². The second-order valence-electron chi connectivity index (χ2n) is 19.0. The van der Waals surface area contributed by atoms with Crippen LogP contribution in [0.1, 0.15) is 41.2 Å². The van der Waals surface area contributed by atoms with E-state index < -0.39 is 5.41 Å². The molecule has 2 heterocycles. The number of rotatable bonds is 6. The Hall–Kier alpha value is -8.46. The first-order valence-electron chi connectivity index (χ1n) is 23.9. The topological polar surface area (TPSA) is 9.86 Å². The molecule has 2 aromatic heterocycles. The van der Waals surface area contributed by atoms with Crippen LogP contribution in [0.5, 0.6) is 0 Å². The van der Waals surface area contributed by atoms with Crippen molar-refractivity contribution in [3.63, 3.8) is 0 Å². The number of para-hydroxylation sites is 1. The number of fused-ring (bicyclic) bond motifs is 11. The van der Waals surface area contributed by atoms with Crippen LogP contribution < -0.4 is 0 Å². The maximum absolute atomic E-state index is 2.69. The predicted molar refractivity (Wildman–Crippen MR) is 286 cm³/mol. The third-order valence-electron chi connectivity index (χ3n) is 15.3. The Morgan fingerprint density at radius 3 is 1.76 bits per heavy atom. The Balaban J connectivity index is 1.03. The van der Waals surface area contributed by atoms with Crippen molar-refractivity contribution in [3.05, 3.63) is 277 Å². The molecular weight excluding hydrogens is 821 g/mol. The Kier molecular flexibility index (Phi) is 8.42. The highest BCUT2D eigenvalue weighted by molar-refractivity contribution is 6.17. The summed E-state index contributed by atoms with van der Waals surface area (Å²) in [5, 5.41) is 7.53. The van der Waals surface area contributed by atoms with E-state index in [1.807, 2.05) is 0 Å². The Morgan fingerprint density at radius 2 is 1.03 bits per heavy atom. The molecule has 10 aromatic carbocycles. The van der Waals surface area contributed by atoms with Gasteiger partial charge in [0, 0.05) is 38.0 Å².